The number of aliphatic hydroxyl groups is 1. The molecule has 1 aromatic rings. The molecule has 0 fully saturated rings. The molecule has 0 saturated heterocycles. The molecule has 0 spiro atoms. The lowest BCUT2D eigenvalue weighted by atomic mass is 10.0. The summed E-state index contributed by atoms with van der Waals surface area (Å²) in [7, 11) is 1.84. The highest BCUT2D eigenvalue weighted by molar-refractivity contribution is 5.18. The Morgan fingerprint density at radius 3 is 1.38 bits per heavy atom. The molecule has 0 aromatic heterocycles. The zero-order chi connectivity index (χ0) is 8.97. The van der Waals surface area contributed by atoms with E-state index in [1.165, 1.54) is 0 Å². The van der Waals surface area contributed by atoms with Gasteiger partial charge in [0.05, 0.1) is 6.10 Å². The number of nitrogens with one attached hydrogen (secondary N) is 1. The van der Waals surface area contributed by atoms with Crippen LogP contribution in [0.4, 0.5) is 0 Å². The minimum Gasteiger partial charge on any atom is -0.412 e. The van der Waals surface area contributed by atoms with E-state index >= 15 is 0 Å². The number of aliphatic hydroxyl groups excluding tert-OH is 1. The maximum Gasteiger partial charge on any atom is 0.0940 e. The molecule has 0 aliphatic heterocycles. The second kappa shape index (κ2) is 31.3. The van der Waals surface area contributed by atoms with Crippen molar-refractivity contribution in [1.82, 2.24) is 5.32 Å². The number of rotatable bonds is 3. The van der Waals surface area contributed by atoms with Crippen LogP contribution in [0.15, 0.2) is 30.3 Å². The van der Waals surface area contributed by atoms with Crippen LogP contribution in [-0.2, 0) is 0 Å². The third-order valence-electron chi connectivity index (χ3n) is 2.07. The van der Waals surface area contributed by atoms with Crippen LogP contribution in [0.25, 0.3) is 0 Å². The molecule has 1 rings (SSSR count). The van der Waals surface area contributed by atoms with Gasteiger partial charge in [0.25, 0.3) is 0 Å². The molecule has 0 radical (unpaired) electrons. The third kappa shape index (κ3) is 18.8. The van der Waals surface area contributed by atoms with Crippen LogP contribution >= 0.6 is 0 Å². The topological polar surface area (TPSA) is 316 Å². The van der Waals surface area contributed by atoms with E-state index in [9.17, 15) is 5.11 Å². The Morgan fingerprint density at radius 1 is 0.762 bits per heavy atom. The van der Waals surface area contributed by atoms with E-state index in [2.05, 4.69) is 5.32 Å². The van der Waals surface area contributed by atoms with Crippen molar-refractivity contribution in [2.24, 2.45) is 0 Å². The summed E-state index contributed by atoms with van der Waals surface area (Å²) in [6, 6.07) is 9.76. The van der Waals surface area contributed by atoms with Crippen molar-refractivity contribution in [2.75, 3.05) is 7.05 Å². The standard InChI is InChI=1S/C10H15NO.9H2O/c1-8(11-2)10(12)9-6-4-3-5-7-9;;;;;;;;;/h3-8,10-12H,1-2H3;9*1H2. The molecule has 0 saturated carbocycles. The normalized spacial score (nSPS) is 8.90. The zero-order valence-corrected chi connectivity index (χ0v) is 12.0. The van der Waals surface area contributed by atoms with Gasteiger partial charge in [-0.1, -0.05) is 30.3 Å². The monoisotopic (exact) mass is 327 g/mol. The van der Waals surface area contributed by atoms with Gasteiger partial charge in [0.1, 0.15) is 0 Å². The van der Waals surface area contributed by atoms with Crippen LogP contribution in [0.3, 0.4) is 0 Å². The Labute approximate surface area is 123 Å². The molecule has 0 bridgehead atoms. The van der Waals surface area contributed by atoms with Gasteiger partial charge in [-0.05, 0) is 19.5 Å². The molecule has 0 amide bonds. The first-order chi connectivity index (χ1) is 5.75. The molecular formula is C10H33NO10. The van der Waals surface area contributed by atoms with E-state index in [-0.39, 0.29) is 55.3 Å². The van der Waals surface area contributed by atoms with E-state index in [1.54, 1.807) is 0 Å². The average molecular weight is 327 g/mol. The van der Waals surface area contributed by atoms with Crippen LogP contribution < -0.4 is 5.32 Å². The highest BCUT2D eigenvalue weighted by Gasteiger charge is 2.12. The Morgan fingerprint density at radius 2 is 1.10 bits per heavy atom. The average Bonchev–Trinajstić information content (AvgIpc) is 2.17. The molecule has 0 heterocycles. The Balaban J connectivity index is -0.0000000229. The molecule has 138 valence electrons. The molecule has 2 unspecified atom stereocenters. The lowest BCUT2D eigenvalue weighted by Crippen LogP contribution is -2.28. The summed E-state index contributed by atoms with van der Waals surface area (Å²) in [5, 5.41) is 12.7. The van der Waals surface area contributed by atoms with Crippen LogP contribution in [0.1, 0.15) is 18.6 Å². The van der Waals surface area contributed by atoms with Crippen LogP contribution in [0, 0.1) is 0 Å². The lowest BCUT2D eigenvalue weighted by molar-refractivity contribution is 0.140. The Kier molecular flexibility index (Phi) is 89.4. The van der Waals surface area contributed by atoms with E-state index in [4.69, 9.17) is 0 Å². The molecule has 2 atom stereocenters. The van der Waals surface area contributed by atoms with Gasteiger partial charge in [-0.25, -0.2) is 0 Å². The van der Waals surface area contributed by atoms with Crippen molar-refractivity contribution in [3.05, 3.63) is 35.9 Å². The Hall–Kier alpha value is -1.22. The number of hydrogen-bond acceptors (Lipinski definition) is 2. The van der Waals surface area contributed by atoms with Crippen molar-refractivity contribution in [3.8, 4) is 0 Å². The summed E-state index contributed by atoms with van der Waals surface area (Å²) < 4.78 is 0. The van der Waals surface area contributed by atoms with Gasteiger partial charge in [-0.3, -0.25) is 0 Å². The minimum atomic E-state index is -0.420. The second-order valence-corrected chi connectivity index (χ2v) is 2.93. The van der Waals surface area contributed by atoms with Crippen molar-refractivity contribution < 1.29 is 54.4 Å². The molecule has 21 heavy (non-hydrogen) atoms. The van der Waals surface area contributed by atoms with Gasteiger partial charge >= 0.3 is 0 Å². The molecular weight excluding hydrogens is 294 g/mol. The minimum absolute atomic E-state index is 0. The molecule has 1 aromatic carbocycles. The summed E-state index contributed by atoms with van der Waals surface area (Å²) in [5.41, 5.74) is 0.958. The van der Waals surface area contributed by atoms with Crippen LogP contribution in [0.5, 0.6) is 0 Å². The summed E-state index contributed by atoms with van der Waals surface area (Å²) in [6.07, 6.45) is -0.420. The van der Waals surface area contributed by atoms with Gasteiger partial charge in [-0.15, -0.1) is 0 Å². The fourth-order valence-corrected chi connectivity index (χ4v) is 1.10. The number of benzene rings is 1. The van der Waals surface area contributed by atoms with Crippen molar-refractivity contribution in [1.29, 1.82) is 0 Å². The molecule has 0 aliphatic carbocycles. The van der Waals surface area contributed by atoms with E-state index in [0.29, 0.717) is 0 Å². The summed E-state index contributed by atoms with van der Waals surface area (Å²) >= 11 is 0. The molecule has 11 nitrogen and oxygen atoms in total. The van der Waals surface area contributed by atoms with Crippen molar-refractivity contribution >= 4 is 0 Å². The third-order valence-corrected chi connectivity index (χ3v) is 2.07. The molecule has 20 N–H and O–H groups in total. The van der Waals surface area contributed by atoms with Gasteiger partial charge in [-0.2, -0.15) is 0 Å². The maximum atomic E-state index is 9.73. The first kappa shape index (κ1) is 60.0. The van der Waals surface area contributed by atoms with Crippen LogP contribution in [0.2, 0.25) is 0 Å². The highest BCUT2D eigenvalue weighted by atomic mass is 16.3. The van der Waals surface area contributed by atoms with Gasteiger partial charge in [0, 0.05) is 6.04 Å². The van der Waals surface area contributed by atoms with E-state index in [0.717, 1.165) is 5.56 Å². The number of hydrogen-bond donors (Lipinski definition) is 2. The van der Waals surface area contributed by atoms with Crippen LogP contribution in [-0.4, -0.2) is 67.5 Å². The van der Waals surface area contributed by atoms with Gasteiger partial charge in [0.15, 0.2) is 0 Å². The summed E-state index contributed by atoms with van der Waals surface area (Å²) in [4.78, 5) is 0. The van der Waals surface area contributed by atoms with Gasteiger partial charge in [0.2, 0.25) is 0 Å². The first-order valence-electron chi connectivity index (χ1n) is 4.16. The SMILES string of the molecule is CNC(C)C(O)c1ccccc1.O.O.O.O.O.O.O.O.O. The molecule has 0 aliphatic rings. The van der Waals surface area contributed by atoms with E-state index < -0.39 is 6.10 Å². The summed E-state index contributed by atoms with van der Waals surface area (Å²) in [5.74, 6) is 0. The predicted molar refractivity (Wildman–Crippen MR) is 82.4 cm³/mol. The van der Waals surface area contributed by atoms with Crippen molar-refractivity contribution in [2.45, 2.75) is 19.1 Å². The number of likely N-dealkylation sites (N-methyl/N-ethyl adjacent to an activating group) is 1. The fraction of sp³-hybridized carbons (Fsp3) is 0.400. The van der Waals surface area contributed by atoms with Crippen molar-refractivity contribution in [3.63, 3.8) is 0 Å². The Bertz CT molecular complexity index is 239. The van der Waals surface area contributed by atoms with E-state index in [1.807, 2.05) is 44.3 Å². The summed E-state index contributed by atoms with van der Waals surface area (Å²) in [6.45, 7) is 1.96. The lowest BCUT2D eigenvalue weighted by Gasteiger charge is -2.17. The van der Waals surface area contributed by atoms with Gasteiger partial charge < -0.3 is 59.7 Å². The quantitative estimate of drug-likeness (QED) is 0.546. The fourth-order valence-electron chi connectivity index (χ4n) is 1.10. The smallest absolute Gasteiger partial charge is 0.0940 e. The highest BCUT2D eigenvalue weighted by Crippen LogP contribution is 2.15. The zero-order valence-electron chi connectivity index (χ0n) is 12.0. The largest absolute Gasteiger partial charge is 0.412 e. The first-order valence-corrected chi connectivity index (χ1v) is 4.16. The predicted octanol–water partition coefficient (Wildman–Crippen LogP) is -6.09. The second-order valence-electron chi connectivity index (χ2n) is 2.93. The molecule has 11 heteroatoms. The maximum absolute atomic E-state index is 9.73.